The lowest BCUT2D eigenvalue weighted by Gasteiger charge is -2.61. The molecule has 0 aliphatic heterocycles. The van der Waals surface area contributed by atoms with E-state index in [0.29, 0.717) is 29.3 Å². The molecule has 42 heavy (non-hydrogen) atoms. The van der Waals surface area contributed by atoms with E-state index in [1.807, 2.05) is 0 Å². The molecule has 4 aliphatic carbocycles. The number of ether oxygens (including phenoxy) is 1. The van der Waals surface area contributed by atoms with Gasteiger partial charge in [-0.1, -0.05) is 72.6 Å². The fraction of sp³-hybridized carbons (Fsp3) is 0.974. The van der Waals surface area contributed by atoms with Crippen molar-refractivity contribution in [2.45, 2.75) is 169 Å². The molecule has 4 nitrogen and oxygen atoms in total. The molecular weight excluding hydrogens is 516 g/mol. The highest BCUT2D eigenvalue weighted by molar-refractivity contribution is 5.75. The number of unbranched alkanes of at least 4 members (excludes halogenated alkanes) is 8. The Kier molecular flexibility index (Phi) is 13.6. The first kappa shape index (κ1) is 34.3. The third-order valence-corrected chi connectivity index (χ3v) is 13.5. The number of hydrogen-bond donors (Lipinski definition) is 2. The van der Waals surface area contributed by atoms with E-state index < -0.39 is 0 Å². The van der Waals surface area contributed by atoms with Gasteiger partial charge in [-0.2, -0.15) is 0 Å². The molecule has 0 aromatic carbocycles. The van der Waals surface area contributed by atoms with Gasteiger partial charge in [0.15, 0.2) is 0 Å². The first-order valence-electron chi connectivity index (χ1n) is 18.9. The predicted octanol–water partition coefficient (Wildman–Crippen LogP) is 9.44. The van der Waals surface area contributed by atoms with Crippen molar-refractivity contribution in [3.05, 3.63) is 0 Å². The van der Waals surface area contributed by atoms with Crippen LogP contribution in [0.1, 0.15) is 163 Å². The van der Waals surface area contributed by atoms with E-state index in [9.17, 15) is 4.79 Å². The van der Waals surface area contributed by atoms with Gasteiger partial charge in [-0.15, -0.1) is 0 Å². The lowest BCUT2D eigenvalue weighted by Crippen LogP contribution is -2.54. The Hall–Kier alpha value is -0.610. The van der Waals surface area contributed by atoms with Crippen molar-refractivity contribution in [3.63, 3.8) is 0 Å². The molecule has 0 saturated heterocycles. The van der Waals surface area contributed by atoms with E-state index >= 15 is 0 Å². The second kappa shape index (κ2) is 16.6. The maximum absolute atomic E-state index is 12.6. The topological polar surface area (TPSA) is 64.3 Å². The Morgan fingerprint density at radius 2 is 1.57 bits per heavy atom. The summed E-state index contributed by atoms with van der Waals surface area (Å²) >= 11 is 0. The molecule has 244 valence electrons. The van der Waals surface area contributed by atoms with Crippen LogP contribution in [0.3, 0.4) is 0 Å². The van der Waals surface area contributed by atoms with Crippen LogP contribution in [0.4, 0.5) is 0 Å². The lowest BCUT2D eigenvalue weighted by molar-refractivity contribution is -0.137. The van der Waals surface area contributed by atoms with Gasteiger partial charge in [0.05, 0.1) is 6.10 Å². The van der Waals surface area contributed by atoms with Crippen LogP contribution < -0.4 is 11.1 Å². The number of hydrogen-bond acceptors (Lipinski definition) is 3. The molecular formula is C38H70N2O2. The van der Waals surface area contributed by atoms with Crippen LogP contribution in [-0.2, 0) is 9.53 Å². The molecule has 0 bridgehead atoms. The molecule has 4 heteroatoms. The van der Waals surface area contributed by atoms with Crippen LogP contribution in [0.25, 0.3) is 0 Å². The van der Waals surface area contributed by atoms with Crippen LogP contribution in [-0.4, -0.2) is 31.7 Å². The first-order valence-corrected chi connectivity index (χ1v) is 18.9. The summed E-state index contributed by atoms with van der Waals surface area (Å²) in [6.45, 7) is 12.8. The Morgan fingerprint density at radius 3 is 2.38 bits per heavy atom. The largest absolute Gasteiger partial charge is 0.378 e. The maximum atomic E-state index is 12.6. The Balaban J connectivity index is 1.21. The summed E-state index contributed by atoms with van der Waals surface area (Å²) in [6, 6.07) is 0. The van der Waals surface area contributed by atoms with Crippen LogP contribution >= 0.6 is 0 Å². The van der Waals surface area contributed by atoms with Gasteiger partial charge < -0.3 is 15.8 Å². The minimum absolute atomic E-state index is 0.273. The Labute approximate surface area is 260 Å². The zero-order valence-corrected chi connectivity index (χ0v) is 28.4. The predicted molar refractivity (Wildman–Crippen MR) is 177 cm³/mol. The third kappa shape index (κ3) is 8.35. The molecule has 4 saturated carbocycles. The van der Waals surface area contributed by atoms with Crippen molar-refractivity contribution < 1.29 is 9.53 Å². The zero-order valence-electron chi connectivity index (χ0n) is 28.4. The van der Waals surface area contributed by atoms with E-state index in [0.717, 1.165) is 68.5 Å². The van der Waals surface area contributed by atoms with Gasteiger partial charge in [0.25, 0.3) is 0 Å². The number of nitrogens with two attached hydrogens (primary N) is 1. The van der Waals surface area contributed by atoms with E-state index in [4.69, 9.17) is 10.5 Å². The lowest BCUT2D eigenvalue weighted by atomic mass is 9.44. The Morgan fingerprint density at radius 1 is 0.857 bits per heavy atom. The minimum Gasteiger partial charge on any atom is -0.378 e. The summed E-state index contributed by atoms with van der Waals surface area (Å²) in [7, 11) is 0. The molecule has 3 N–H and O–H groups in total. The summed E-state index contributed by atoms with van der Waals surface area (Å²) < 4.78 is 6.47. The van der Waals surface area contributed by atoms with Crippen molar-refractivity contribution in [1.82, 2.24) is 5.32 Å². The van der Waals surface area contributed by atoms with Crippen LogP contribution in [0, 0.1) is 46.3 Å². The highest BCUT2D eigenvalue weighted by atomic mass is 16.5. The van der Waals surface area contributed by atoms with Crippen molar-refractivity contribution in [2.75, 3.05) is 19.7 Å². The Bertz CT molecular complexity index is 802. The van der Waals surface area contributed by atoms with Crippen molar-refractivity contribution in [3.8, 4) is 0 Å². The van der Waals surface area contributed by atoms with E-state index in [-0.39, 0.29) is 5.91 Å². The summed E-state index contributed by atoms with van der Waals surface area (Å²) in [5.41, 5.74) is 6.61. The van der Waals surface area contributed by atoms with Gasteiger partial charge in [0.2, 0.25) is 5.91 Å². The van der Waals surface area contributed by atoms with Crippen LogP contribution in [0.2, 0.25) is 0 Å². The number of carbonyl (C=O) groups excluding carboxylic acids is 1. The van der Waals surface area contributed by atoms with Crippen LogP contribution in [0.15, 0.2) is 0 Å². The van der Waals surface area contributed by atoms with Gasteiger partial charge in [-0.3, -0.25) is 4.79 Å². The fourth-order valence-electron chi connectivity index (χ4n) is 11.0. The van der Waals surface area contributed by atoms with Crippen molar-refractivity contribution in [1.29, 1.82) is 0 Å². The number of carbonyl (C=O) groups is 1. The normalized spacial score (nSPS) is 36.6. The highest BCUT2D eigenvalue weighted by Gasteiger charge is 2.60. The molecule has 9 atom stereocenters. The molecule has 0 aromatic heterocycles. The SMILES string of the molecule is CCCCCCCO[C@H]1CC[C@@]2(C)[C@H](CC[C@@H]3[C@@H]2CC[C@]2(C)[C@@H]([C@H](C)CCC(=O)NCCCCCCCN)CC[C@@H]32)C1. The first-order chi connectivity index (χ1) is 20.3. The third-order valence-electron chi connectivity index (χ3n) is 13.5. The second-order valence-electron chi connectivity index (χ2n) is 16.0. The average molecular weight is 587 g/mol. The molecule has 0 spiro atoms. The van der Waals surface area contributed by atoms with Gasteiger partial charge in [0.1, 0.15) is 0 Å². The number of fused-ring (bicyclic) bond motifs is 5. The molecule has 0 unspecified atom stereocenters. The van der Waals surface area contributed by atoms with Gasteiger partial charge in [0, 0.05) is 19.6 Å². The molecule has 1 amide bonds. The number of rotatable bonds is 18. The van der Waals surface area contributed by atoms with E-state index in [1.165, 1.54) is 109 Å². The quantitative estimate of drug-likeness (QED) is 0.157. The summed E-state index contributed by atoms with van der Waals surface area (Å²) in [5, 5.41) is 3.20. The van der Waals surface area contributed by atoms with Crippen molar-refractivity contribution >= 4 is 5.91 Å². The number of nitrogens with one attached hydrogen (secondary N) is 1. The summed E-state index contributed by atoms with van der Waals surface area (Å²) in [5.74, 6) is 5.38. The maximum Gasteiger partial charge on any atom is 0.220 e. The van der Waals surface area contributed by atoms with Crippen molar-refractivity contribution in [2.24, 2.45) is 52.1 Å². The second-order valence-corrected chi connectivity index (χ2v) is 16.0. The average Bonchev–Trinajstić information content (AvgIpc) is 3.34. The van der Waals surface area contributed by atoms with E-state index in [2.05, 4.69) is 33.0 Å². The molecule has 4 rings (SSSR count). The zero-order chi connectivity index (χ0) is 30.0. The van der Waals surface area contributed by atoms with Gasteiger partial charge in [-0.25, -0.2) is 0 Å². The monoisotopic (exact) mass is 587 g/mol. The fourth-order valence-corrected chi connectivity index (χ4v) is 11.0. The molecule has 4 fully saturated rings. The molecule has 0 heterocycles. The van der Waals surface area contributed by atoms with Gasteiger partial charge >= 0.3 is 0 Å². The highest BCUT2D eigenvalue weighted by Crippen LogP contribution is 2.68. The molecule has 0 radical (unpaired) electrons. The summed E-state index contributed by atoms with van der Waals surface area (Å²) in [6.07, 6.45) is 27.5. The van der Waals surface area contributed by atoms with Gasteiger partial charge in [-0.05, 0) is 136 Å². The number of amides is 1. The van der Waals surface area contributed by atoms with E-state index in [1.54, 1.807) is 0 Å². The molecule has 0 aromatic rings. The standard InChI is InChI=1S/C38H70N2O2/c1-5-6-7-11-14-27-42-31-21-23-37(3)30(28-31)16-17-32-34-19-18-33(38(34,4)24-22-35(32)37)29(2)15-20-36(41)40-26-13-10-8-9-12-25-39/h29-35H,5-28,39H2,1-4H3,(H,40,41)/t29-,30-,31+,32+,33-,34+,35+,37+,38-/m1/s1. The summed E-state index contributed by atoms with van der Waals surface area (Å²) in [4.78, 5) is 12.6. The minimum atomic E-state index is 0.273. The smallest absolute Gasteiger partial charge is 0.220 e. The molecule has 4 aliphatic rings. The van der Waals surface area contributed by atoms with Crippen LogP contribution in [0.5, 0.6) is 0 Å².